The van der Waals surface area contributed by atoms with Crippen LogP contribution in [0.4, 0.5) is 0 Å². The van der Waals surface area contributed by atoms with Gasteiger partial charge in [0.25, 0.3) is 5.75 Å². The fraction of sp³-hybridized carbons (Fsp3) is 0.450. The summed E-state index contributed by atoms with van der Waals surface area (Å²) in [5.41, 5.74) is 1.15. The SMILES string of the molecule is C[C@H]1CCCN(CCCOc2ccc(-c3cc[n+]([O-])c4c3OS(=O)(=O)O4)cc2)C1. The van der Waals surface area contributed by atoms with Crippen LogP contribution in [0.3, 0.4) is 0 Å². The van der Waals surface area contributed by atoms with Crippen LogP contribution in [0.1, 0.15) is 26.2 Å². The zero-order valence-corrected chi connectivity index (χ0v) is 17.1. The van der Waals surface area contributed by atoms with Crippen molar-refractivity contribution >= 4 is 10.4 Å². The maximum absolute atomic E-state index is 11.7. The molecular formula is C20H24N2O6S. The lowest BCUT2D eigenvalue weighted by Gasteiger charge is -2.30. The van der Waals surface area contributed by atoms with E-state index in [0.29, 0.717) is 22.5 Å². The largest absolute Gasteiger partial charge is 0.616 e. The van der Waals surface area contributed by atoms with Gasteiger partial charge in [0.15, 0.2) is 6.20 Å². The van der Waals surface area contributed by atoms with E-state index in [1.165, 1.54) is 38.2 Å². The molecule has 0 radical (unpaired) electrons. The fourth-order valence-corrected chi connectivity index (χ4v) is 4.54. The third-order valence-corrected chi connectivity index (χ3v) is 5.91. The van der Waals surface area contributed by atoms with Crippen LogP contribution in [0.5, 0.6) is 17.4 Å². The Morgan fingerprint density at radius 1 is 1.24 bits per heavy atom. The number of nitrogens with zero attached hydrogens (tertiary/aromatic N) is 2. The molecule has 1 fully saturated rings. The second kappa shape index (κ2) is 8.08. The van der Waals surface area contributed by atoms with Crippen molar-refractivity contribution < 1.29 is 26.3 Å². The highest BCUT2D eigenvalue weighted by atomic mass is 32.3. The lowest BCUT2D eigenvalue weighted by Crippen LogP contribution is -2.35. The van der Waals surface area contributed by atoms with Gasteiger partial charge >= 0.3 is 16.3 Å². The number of rotatable bonds is 6. The second-order valence-electron chi connectivity index (χ2n) is 7.54. The Balaban J connectivity index is 1.36. The Morgan fingerprint density at radius 3 is 2.79 bits per heavy atom. The summed E-state index contributed by atoms with van der Waals surface area (Å²) in [5, 5.41) is 11.7. The molecule has 1 aromatic carbocycles. The second-order valence-corrected chi connectivity index (χ2v) is 8.69. The molecule has 4 rings (SSSR count). The van der Waals surface area contributed by atoms with Gasteiger partial charge in [-0.15, -0.1) is 13.1 Å². The lowest BCUT2D eigenvalue weighted by atomic mass is 10.0. The molecule has 1 atom stereocenters. The summed E-state index contributed by atoms with van der Waals surface area (Å²) in [6.45, 7) is 6.32. The van der Waals surface area contributed by atoms with Gasteiger partial charge in [0.2, 0.25) is 0 Å². The number of likely N-dealkylation sites (tertiary alicyclic amines) is 1. The molecule has 0 unspecified atom stereocenters. The van der Waals surface area contributed by atoms with E-state index in [-0.39, 0.29) is 11.6 Å². The molecule has 29 heavy (non-hydrogen) atoms. The molecule has 0 saturated carbocycles. The Bertz CT molecular complexity index is 977. The summed E-state index contributed by atoms with van der Waals surface area (Å²) in [4.78, 5) is 2.50. The van der Waals surface area contributed by atoms with Gasteiger partial charge in [0, 0.05) is 24.7 Å². The number of hydrogen-bond donors (Lipinski definition) is 0. The zero-order valence-electron chi connectivity index (χ0n) is 16.2. The van der Waals surface area contributed by atoms with Gasteiger partial charge in [-0.2, -0.15) is 0 Å². The van der Waals surface area contributed by atoms with Gasteiger partial charge in [-0.1, -0.05) is 19.1 Å². The van der Waals surface area contributed by atoms with E-state index in [9.17, 15) is 13.6 Å². The average Bonchev–Trinajstić information content (AvgIpc) is 3.02. The van der Waals surface area contributed by atoms with Gasteiger partial charge in [-0.25, -0.2) is 0 Å². The van der Waals surface area contributed by atoms with Gasteiger partial charge in [0.1, 0.15) is 5.75 Å². The normalized spacial score (nSPS) is 20.5. The summed E-state index contributed by atoms with van der Waals surface area (Å²) in [6.07, 6.45) is 4.74. The van der Waals surface area contributed by atoms with Crippen molar-refractivity contribution in [1.82, 2.24) is 4.90 Å². The number of fused-ring (bicyclic) bond motifs is 1. The predicted molar refractivity (Wildman–Crippen MR) is 106 cm³/mol. The number of benzene rings is 1. The number of ether oxygens (including phenoxy) is 1. The summed E-state index contributed by atoms with van der Waals surface area (Å²) in [7, 11) is -4.24. The van der Waals surface area contributed by atoms with Crippen molar-refractivity contribution in [2.24, 2.45) is 5.92 Å². The molecule has 2 aliphatic heterocycles. The molecule has 0 N–H and O–H groups in total. The number of piperidine rings is 1. The minimum Gasteiger partial charge on any atom is -0.616 e. The van der Waals surface area contributed by atoms with Gasteiger partial charge < -0.3 is 19.0 Å². The average molecular weight is 420 g/mol. The van der Waals surface area contributed by atoms with Crippen molar-refractivity contribution in [2.45, 2.75) is 26.2 Å². The van der Waals surface area contributed by atoms with E-state index in [1.807, 2.05) is 12.1 Å². The predicted octanol–water partition coefficient (Wildman–Crippen LogP) is 2.50. The highest BCUT2D eigenvalue weighted by Crippen LogP contribution is 2.41. The molecule has 8 nitrogen and oxygen atoms in total. The number of pyridine rings is 1. The van der Waals surface area contributed by atoms with Crippen LogP contribution in [-0.4, -0.2) is 39.6 Å². The first-order chi connectivity index (χ1) is 13.9. The van der Waals surface area contributed by atoms with E-state index < -0.39 is 10.4 Å². The van der Waals surface area contributed by atoms with Crippen molar-refractivity contribution in [3.63, 3.8) is 0 Å². The summed E-state index contributed by atoms with van der Waals surface area (Å²) >= 11 is 0. The molecular weight excluding hydrogens is 396 g/mol. The molecule has 0 spiro atoms. The summed E-state index contributed by atoms with van der Waals surface area (Å²) in [5.74, 6) is 1.02. The molecule has 156 valence electrons. The fourth-order valence-electron chi connectivity index (χ4n) is 3.80. The molecule has 9 heteroatoms. The van der Waals surface area contributed by atoms with Crippen molar-refractivity contribution in [3.8, 4) is 28.5 Å². The highest BCUT2D eigenvalue weighted by molar-refractivity contribution is 7.82. The minimum absolute atomic E-state index is 0.105. The molecule has 2 aromatic rings. The minimum atomic E-state index is -4.24. The van der Waals surface area contributed by atoms with Crippen LogP contribution in [-0.2, 0) is 10.4 Å². The van der Waals surface area contributed by atoms with E-state index in [4.69, 9.17) is 8.92 Å². The topological polar surface area (TPSA) is 92.0 Å². The zero-order chi connectivity index (χ0) is 20.4. The smallest absolute Gasteiger partial charge is 0.506 e. The molecule has 2 aliphatic rings. The standard InChI is InChI=1S/C20H24N2O6S/c1-15-4-2-10-21(14-15)11-3-13-26-17-7-5-16(6-8-17)18-9-12-22(23)20-19(18)27-29(24,25)28-20/h5-9,12,15H,2-4,10-11,13-14H2,1H3/t15-/m0/s1. The Hall–Kier alpha value is -2.52. The van der Waals surface area contributed by atoms with E-state index in [2.05, 4.69) is 16.0 Å². The van der Waals surface area contributed by atoms with Crippen molar-refractivity contribution in [1.29, 1.82) is 0 Å². The van der Waals surface area contributed by atoms with Crippen LogP contribution in [0.25, 0.3) is 11.1 Å². The summed E-state index contributed by atoms with van der Waals surface area (Å²) < 4.78 is 38.7. The summed E-state index contributed by atoms with van der Waals surface area (Å²) in [6, 6.07) is 8.70. The van der Waals surface area contributed by atoms with Crippen LogP contribution in [0, 0.1) is 11.1 Å². The molecule has 0 amide bonds. The monoisotopic (exact) mass is 420 g/mol. The first-order valence-electron chi connectivity index (χ1n) is 9.77. The lowest BCUT2D eigenvalue weighted by molar-refractivity contribution is -0.608. The molecule has 3 heterocycles. The quantitative estimate of drug-likeness (QED) is 0.403. The van der Waals surface area contributed by atoms with E-state index >= 15 is 0 Å². The van der Waals surface area contributed by atoms with Crippen LogP contribution in [0.2, 0.25) is 0 Å². The van der Waals surface area contributed by atoms with Gasteiger partial charge in [-0.3, -0.25) is 4.18 Å². The van der Waals surface area contributed by atoms with Crippen LogP contribution in [0.15, 0.2) is 36.5 Å². The highest BCUT2D eigenvalue weighted by Gasteiger charge is 2.38. The molecule has 1 saturated heterocycles. The van der Waals surface area contributed by atoms with Crippen LogP contribution >= 0.6 is 0 Å². The van der Waals surface area contributed by atoms with E-state index in [1.54, 1.807) is 12.1 Å². The molecule has 0 aliphatic carbocycles. The van der Waals surface area contributed by atoms with E-state index in [0.717, 1.165) is 24.6 Å². The van der Waals surface area contributed by atoms with Gasteiger partial charge in [-0.05, 0) is 49.4 Å². The first kappa shape index (κ1) is 19.8. The number of hydrogen-bond acceptors (Lipinski definition) is 7. The third kappa shape index (κ3) is 4.56. The molecule has 1 aromatic heterocycles. The molecule has 0 bridgehead atoms. The van der Waals surface area contributed by atoms with Crippen molar-refractivity contribution in [2.75, 3.05) is 26.2 Å². The Morgan fingerprint density at radius 2 is 2.03 bits per heavy atom. The maximum Gasteiger partial charge on any atom is 0.506 e. The van der Waals surface area contributed by atoms with Crippen molar-refractivity contribution in [3.05, 3.63) is 41.7 Å². The Labute approximate surface area is 170 Å². The maximum atomic E-state index is 11.7. The van der Waals surface area contributed by atoms with Crippen LogP contribution < -0.4 is 17.8 Å². The Kier molecular flexibility index (Phi) is 5.51. The third-order valence-electron chi connectivity index (χ3n) is 5.18. The van der Waals surface area contributed by atoms with Gasteiger partial charge in [0.05, 0.1) is 6.61 Å². The number of aromatic nitrogens is 1. The first-order valence-corrected chi connectivity index (χ1v) is 11.1.